The monoisotopic (exact) mass is 331 g/mol. The Morgan fingerprint density at radius 3 is 2.46 bits per heavy atom. The molecular weight excluding hydrogens is 313 g/mol. The van der Waals surface area contributed by atoms with Crippen molar-refractivity contribution in [3.8, 4) is 5.75 Å². The van der Waals surface area contributed by atoms with Crippen LogP contribution in [0.5, 0.6) is 5.75 Å². The van der Waals surface area contributed by atoms with Crippen molar-refractivity contribution in [2.75, 3.05) is 11.9 Å². The largest absolute Gasteiger partial charge is 0.484 e. The second-order valence-corrected chi connectivity index (χ2v) is 5.33. The van der Waals surface area contributed by atoms with E-state index in [1.165, 1.54) is 18.2 Å². The highest BCUT2D eigenvalue weighted by atomic mass is 19.1. The maximum absolute atomic E-state index is 13.0. The molecule has 0 bridgehead atoms. The Bertz CT molecular complexity index is 713. The zero-order chi connectivity index (χ0) is 17.5. The number of carbonyl (C=O) groups is 2. The molecule has 2 rings (SSSR count). The van der Waals surface area contributed by atoms with Gasteiger partial charge in [0, 0.05) is 11.8 Å². The summed E-state index contributed by atoms with van der Waals surface area (Å²) < 4.78 is 23.3. The van der Waals surface area contributed by atoms with E-state index >= 15 is 0 Å². The summed E-state index contributed by atoms with van der Waals surface area (Å²) in [5, 5.41) is 2.62. The SMILES string of the molecule is CC(C)OC(=O)c1ccc(NC(=O)COc2cccc(F)c2)cc1. The Kier molecular flexibility index (Phi) is 5.89. The normalized spacial score (nSPS) is 10.3. The van der Waals surface area contributed by atoms with E-state index in [1.54, 1.807) is 44.2 Å². The quantitative estimate of drug-likeness (QED) is 0.824. The van der Waals surface area contributed by atoms with E-state index in [4.69, 9.17) is 9.47 Å². The molecule has 126 valence electrons. The van der Waals surface area contributed by atoms with Crippen molar-refractivity contribution in [2.45, 2.75) is 20.0 Å². The van der Waals surface area contributed by atoms with Gasteiger partial charge in [-0.1, -0.05) is 6.07 Å². The Labute approximate surface area is 139 Å². The minimum atomic E-state index is -0.434. The zero-order valence-corrected chi connectivity index (χ0v) is 13.4. The second kappa shape index (κ2) is 8.10. The molecule has 1 N–H and O–H groups in total. The molecule has 2 aromatic carbocycles. The average molecular weight is 331 g/mol. The molecule has 2 aromatic rings. The molecule has 0 aliphatic carbocycles. The van der Waals surface area contributed by atoms with Gasteiger partial charge in [-0.05, 0) is 50.2 Å². The molecule has 1 amide bonds. The highest BCUT2D eigenvalue weighted by Gasteiger charge is 2.10. The Balaban J connectivity index is 1.86. The van der Waals surface area contributed by atoms with Crippen LogP contribution in [0.1, 0.15) is 24.2 Å². The lowest BCUT2D eigenvalue weighted by molar-refractivity contribution is -0.118. The van der Waals surface area contributed by atoms with Crippen LogP contribution in [0.4, 0.5) is 10.1 Å². The molecule has 0 saturated carbocycles. The first-order valence-electron chi connectivity index (χ1n) is 7.43. The molecule has 0 unspecified atom stereocenters. The summed E-state index contributed by atoms with van der Waals surface area (Å²) >= 11 is 0. The highest BCUT2D eigenvalue weighted by Crippen LogP contribution is 2.13. The summed E-state index contributed by atoms with van der Waals surface area (Å²) in [5.41, 5.74) is 0.918. The van der Waals surface area contributed by atoms with Crippen molar-refractivity contribution in [1.29, 1.82) is 0 Å². The predicted molar refractivity (Wildman–Crippen MR) is 87.5 cm³/mol. The molecule has 0 radical (unpaired) electrons. The topological polar surface area (TPSA) is 64.6 Å². The van der Waals surface area contributed by atoms with Crippen LogP contribution in [0.2, 0.25) is 0 Å². The maximum atomic E-state index is 13.0. The number of halogens is 1. The summed E-state index contributed by atoms with van der Waals surface area (Å²) in [6, 6.07) is 11.9. The molecule has 5 nitrogen and oxygen atoms in total. The summed E-state index contributed by atoms with van der Waals surface area (Å²) in [4.78, 5) is 23.5. The standard InChI is InChI=1S/C18H18FNO4/c1-12(2)24-18(22)13-6-8-15(9-7-13)20-17(21)11-23-16-5-3-4-14(19)10-16/h3-10,12H,11H2,1-2H3,(H,20,21). The fourth-order valence-electron chi connectivity index (χ4n) is 1.87. The summed E-state index contributed by atoms with van der Waals surface area (Å²) in [6.07, 6.45) is -0.197. The van der Waals surface area contributed by atoms with Gasteiger partial charge >= 0.3 is 5.97 Å². The number of esters is 1. The highest BCUT2D eigenvalue weighted by molar-refractivity contribution is 5.93. The van der Waals surface area contributed by atoms with Crippen LogP contribution in [0, 0.1) is 5.82 Å². The van der Waals surface area contributed by atoms with E-state index in [0.717, 1.165) is 0 Å². The number of nitrogens with one attached hydrogen (secondary N) is 1. The first kappa shape index (κ1) is 17.5. The minimum Gasteiger partial charge on any atom is -0.484 e. The number of anilines is 1. The zero-order valence-electron chi connectivity index (χ0n) is 13.4. The van der Waals surface area contributed by atoms with Gasteiger partial charge in [-0.2, -0.15) is 0 Å². The lowest BCUT2D eigenvalue weighted by atomic mass is 10.2. The van der Waals surface area contributed by atoms with Crippen LogP contribution < -0.4 is 10.1 Å². The molecule has 0 saturated heterocycles. The van der Waals surface area contributed by atoms with Crippen molar-refractivity contribution in [3.05, 3.63) is 59.9 Å². The molecule has 0 aliphatic rings. The predicted octanol–water partition coefficient (Wildman–Crippen LogP) is 3.41. The van der Waals surface area contributed by atoms with Crippen LogP contribution in [0.25, 0.3) is 0 Å². The smallest absolute Gasteiger partial charge is 0.338 e. The molecular formula is C18H18FNO4. The Morgan fingerprint density at radius 2 is 1.83 bits per heavy atom. The average Bonchev–Trinajstić information content (AvgIpc) is 2.53. The summed E-state index contributed by atoms with van der Waals surface area (Å²) in [5.74, 6) is -0.970. The molecule has 0 spiro atoms. The summed E-state index contributed by atoms with van der Waals surface area (Å²) in [7, 11) is 0. The van der Waals surface area contributed by atoms with Crippen LogP contribution in [0.3, 0.4) is 0 Å². The van der Waals surface area contributed by atoms with E-state index in [-0.39, 0.29) is 18.5 Å². The molecule has 0 atom stereocenters. The number of amides is 1. The van der Waals surface area contributed by atoms with Crippen molar-refractivity contribution >= 4 is 17.6 Å². The van der Waals surface area contributed by atoms with Crippen LogP contribution in [-0.4, -0.2) is 24.6 Å². The van der Waals surface area contributed by atoms with Crippen LogP contribution in [-0.2, 0) is 9.53 Å². The third kappa shape index (κ3) is 5.39. The number of benzene rings is 2. The van der Waals surface area contributed by atoms with Crippen molar-refractivity contribution in [2.24, 2.45) is 0 Å². The number of ether oxygens (including phenoxy) is 2. The lowest BCUT2D eigenvalue weighted by Crippen LogP contribution is -2.20. The van der Waals surface area contributed by atoms with E-state index in [0.29, 0.717) is 11.3 Å². The van der Waals surface area contributed by atoms with Crippen molar-refractivity contribution in [3.63, 3.8) is 0 Å². The van der Waals surface area contributed by atoms with Gasteiger partial charge in [0.05, 0.1) is 11.7 Å². The van der Waals surface area contributed by atoms with E-state index in [9.17, 15) is 14.0 Å². The third-order valence-electron chi connectivity index (χ3n) is 2.91. The van der Waals surface area contributed by atoms with E-state index in [1.807, 2.05) is 0 Å². The molecule has 0 fully saturated rings. The van der Waals surface area contributed by atoms with Gasteiger partial charge < -0.3 is 14.8 Å². The Hall–Kier alpha value is -2.89. The van der Waals surface area contributed by atoms with E-state index < -0.39 is 17.7 Å². The van der Waals surface area contributed by atoms with Crippen LogP contribution in [0.15, 0.2) is 48.5 Å². The van der Waals surface area contributed by atoms with Gasteiger partial charge in [0.15, 0.2) is 6.61 Å². The van der Waals surface area contributed by atoms with Gasteiger partial charge in [0.25, 0.3) is 5.91 Å². The van der Waals surface area contributed by atoms with Gasteiger partial charge in [-0.15, -0.1) is 0 Å². The Morgan fingerprint density at radius 1 is 1.12 bits per heavy atom. The van der Waals surface area contributed by atoms with Crippen molar-refractivity contribution in [1.82, 2.24) is 0 Å². The summed E-state index contributed by atoms with van der Waals surface area (Å²) in [6.45, 7) is 3.29. The molecule has 6 heteroatoms. The molecule has 24 heavy (non-hydrogen) atoms. The maximum Gasteiger partial charge on any atom is 0.338 e. The fraction of sp³-hybridized carbons (Fsp3) is 0.222. The number of hydrogen-bond donors (Lipinski definition) is 1. The van der Waals surface area contributed by atoms with Gasteiger partial charge in [0.2, 0.25) is 0 Å². The van der Waals surface area contributed by atoms with Crippen LogP contribution >= 0.6 is 0 Å². The minimum absolute atomic E-state index is 0.197. The first-order chi connectivity index (χ1) is 11.4. The molecule has 0 heterocycles. The second-order valence-electron chi connectivity index (χ2n) is 5.33. The first-order valence-corrected chi connectivity index (χ1v) is 7.43. The molecule has 0 aliphatic heterocycles. The number of carbonyl (C=O) groups excluding carboxylic acids is 2. The lowest BCUT2D eigenvalue weighted by Gasteiger charge is -2.09. The van der Waals surface area contributed by atoms with Gasteiger partial charge in [-0.3, -0.25) is 4.79 Å². The van der Waals surface area contributed by atoms with Gasteiger partial charge in [-0.25, -0.2) is 9.18 Å². The third-order valence-corrected chi connectivity index (χ3v) is 2.91. The van der Waals surface area contributed by atoms with Gasteiger partial charge in [0.1, 0.15) is 11.6 Å². The number of hydrogen-bond acceptors (Lipinski definition) is 4. The number of rotatable bonds is 6. The fourth-order valence-corrected chi connectivity index (χ4v) is 1.87. The van der Waals surface area contributed by atoms with E-state index in [2.05, 4.69) is 5.32 Å². The molecule has 0 aromatic heterocycles. The van der Waals surface area contributed by atoms with Crippen molar-refractivity contribution < 1.29 is 23.5 Å².